The molecule has 1 aromatic rings. The summed E-state index contributed by atoms with van der Waals surface area (Å²) in [7, 11) is 3.90. The normalized spacial score (nSPS) is 21.5. The van der Waals surface area contributed by atoms with E-state index >= 15 is 0 Å². The Morgan fingerprint density at radius 1 is 1.41 bits per heavy atom. The Kier molecular flexibility index (Phi) is 3.91. The highest BCUT2D eigenvalue weighted by atomic mass is 15.2. The van der Waals surface area contributed by atoms with E-state index in [1.807, 2.05) is 31.4 Å². The first-order valence-corrected chi connectivity index (χ1v) is 6.09. The van der Waals surface area contributed by atoms with Gasteiger partial charge >= 0.3 is 0 Å². The Morgan fingerprint density at radius 2 is 2.12 bits per heavy atom. The fourth-order valence-electron chi connectivity index (χ4n) is 2.07. The van der Waals surface area contributed by atoms with E-state index in [4.69, 9.17) is 0 Å². The molecule has 5 nitrogen and oxygen atoms in total. The Labute approximate surface area is 103 Å². The third-order valence-corrected chi connectivity index (χ3v) is 2.95. The summed E-state index contributed by atoms with van der Waals surface area (Å²) in [5, 5.41) is 3.44. The average Bonchev–Trinajstić information content (AvgIpc) is 2.29. The minimum atomic E-state index is 0.575. The number of nitrogens with one attached hydrogen (secondary N) is 1. The molecule has 2 heterocycles. The second-order valence-corrected chi connectivity index (χ2v) is 4.88. The molecule has 17 heavy (non-hydrogen) atoms. The van der Waals surface area contributed by atoms with Crippen molar-refractivity contribution in [3.8, 4) is 0 Å². The van der Waals surface area contributed by atoms with Gasteiger partial charge in [-0.15, -0.1) is 0 Å². The zero-order valence-corrected chi connectivity index (χ0v) is 10.8. The van der Waals surface area contributed by atoms with Crippen LogP contribution < -0.4 is 10.2 Å². The second kappa shape index (κ2) is 5.42. The van der Waals surface area contributed by atoms with Gasteiger partial charge in [-0.05, 0) is 6.92 Å². The van der Waals surface area contributed by atoms with Crippen LogP contribution in [0, 0.1) is 0 Å². The summed E-state index contributed by atoms with van der Waals surface area (Å²) in [6.45, 7) is 6.42. The molecule has 2 rings (SSSR count). The summed E-state index contributed by atoms with van der Waals surface area (Å²) >= 11 is 0. The Morgan fingerprint density at radius 3 is 2.71 bits per heavy atom. The lowest BCUT2D eigenvalue weighted by atomic mass is 10.2. The van der Waals surface area contributed by atoms with Crippen LogP contribution in [-0.4, -0.2) is 54.6 Å². The summed E-state index contributed by atoms with van der Waals surface area (Å²) in [4.78, 5) is 13.0. The van der Waals surface area contributed by atoms with E-state index in [0.717, 1.165) is 32.1 Å². The molecule has 1 aliphatic rings. The fourth-order valence-corrected chi connectivity index (χ4v) is 2.07. The lowest BCUT2D eigenvalue weighted by Crippen LogP contribution is -2.48. The third-order valence-electron chi connectivity index (χ3n) is 2.95. The standard InChI is InChI=1S/C12H21N5/c1-10-8-17(5-4-13-10)9-11-6-14-12(15-7-11)16(2)3/h6-7,10,13H,4-5,8-9H2,1-3H3. The Balaban J connectivity index is 1.94. The van der Waals surface area contributed by atoms with Gasteiger partial charge in [-0.2, -0.15) is 0 Å². The first-order chi connectivity index (χ1) is 8.15. The number of anilines is 1. The van der Waals surface area contributed by atoms with E-state index < -0.39 is 0 Å². The van der Waals surface area contributed by atoms with E-state index in [1.165, 1.54) is 5.56 Å². The number of hydrogen-bond donors (Lipinski definition) is 1. The van der Waals surface area contributed by atoms with E-state index in [1.54, 1.807) is 0 Å². The largest absolute Gasteiger partial charge is 0.347 e. The van der Waals surface area contributed by atoms with Gasteiger partial charge in [0.1, 0.15) is 0 Å². The van der Waals surface area contributed by atoms with Gasteiger partial charge < -0.3 is 10.2 Å². The molecule has 0 amide bonds. The average molecular weight is 235 g/mol. The Hall–Kier alpha value is -1.20. The highest BCUT2D eigenvalue weighted by Gasteiger charge is 2.15. The third kappa shape index (κ3) is 3.38. The van der Waals surface area contributed by atoms with Crippen molar-refractivity contribution in [3.05, 3.63) is 18.0 Å². The van der Waals surface area contributed by atoms with Crippen molar-refractivity contribution >= 4 is 5.95 Å². The maximum atomic E-state index is 4.34. The van der Waals surface area contributed by atoms with Crippen molar-refractivity contribution < 1.29 is 0 Å². The van der Waals surface area contributed by atoms with Crippen LogP contribution in [0.2, 0.25) is 0 Å². The molecule has 1 aliphatic heterocycles. The van der Waals surface area contributed by atoms with E-state index in [2.05, 4.69) is 27.1 Å². The molecule has 1 saturated heterocycles. The number of hydrogen-bond acceptors (Lipinski definition) is 5. The summed E-state index contributed by atoms with van der Waals surface area (Å²) in [5.74, 6) is 0.766. The van der Waals surface area contributed by atoms with Crippen molar-refractivity contribution in [3.63, 3.8) is 0 Å². The Bertz CT molecular complexity index is 348. The van der Waals surface area contributed by atoms with Gasteiger partial charge in [0.05, 0.1) is 0 Å². The molecule has 1 fully saturated rings. The predicted molar refractivity (Wildman–Crippen MR) is 69.1 cm³/mol. The van der Waals surface area contributed by atoms with Crippen molar-refractivity contribution in [2.24, 2.45) is 0 Å². The second-order valence-electron chi connectivity index (χ2n) is 4.88. The number of rotatable bonds is 3. The zero-order chi connectivity index (χ0) is 12.3. The van der Waals surface area contributed by atoms with E-state index in [9.17, 15) is 0 Å². The molecule has 94 valence electrons. The van der Waals surface area contributed by atoms with Crippen LogP contribution in [0.1, 0.15) is 12.5 Å². The summed E-state index contributed by atoms with van der Waals surface area (Å²) in [5.41, 5.74) is 1.18. The molecule has 0 saturated carbocycles. The smallest absolute Gasteiger partial charge is 0.224 e. The molecule has 5 heteroatoms. The minimum Gasteiger partial charge on any atom is -0.347 e. The van der Waals surface area contributed by atoms with Gasteiger partial charge in [-0.1, -0.05) is 0 Å². The molecule has 1 aromatic heterocycles. The maximum absolute atomic E-state index is 4.34. The van der Waals surface area contributed by atoms with Gasteiger partial charge in [0, 0.05) is 64.3 Å². The van der Waals surface area contributed by atoms with Gasteiger partial charge in [-0.25, -0.2) is 9.97 Å². The quantitative estimate of drug-likeness (QED) is 0.818. The highest BCUT2D eigenvalue weighted by molar-refractivity contribution is 5.26. The highest BCUT2D eigenvalue weighted by Crippen LogP contribution is 2.08. The first kappa shape index (κ1) is 12.3. The van der Waals surface area contributed by atoms with Gasteiger partial charge in [0.2, 0.25) is 5.95 Å². The van der Waals surface area contributed by atoms with Crippen LogP contribution in [-0.2, 0) is 6.54 Å². The summed E-state index contributed by atoms with van der Waals surface area (Å²) in [6.07, 6.45) is 3.85. The lowest BCUT2D eigenvalue weighted by Gasteiger charge is -2.31. The molecule has 1 atom stereocenters. The first-order valence-electron chi connectivity index (χ1n) is 6.09. The van der Waals surface area contributed by atoms with Gasteiger partial charge in [0.15, 0.2) is 0 Å². The van der Waals surface area contributed by atoms with Crippen LogP contribution in [0.5, 0.6) is 0 Å². The molecule has 0 spiro atoms. The molecule has 0 aliphatic carbocycles. The number of piperazine rings is 1. The van der Waals surface area contributed by atoms with Gasteiger partial charge in [-0.3, -0.25) is 4.90 Å². The minimum absolute atomic E-state index is 0.575. The van der Waals surface area contributed by atoms with Crippen molar-refractivity contribution in [1.29, 1.82) is 0 Å². The lowest BCUT2D eigenvalue weighted by molar-refractivity contribution is 0.199. The van der Waals surface area contributed by atoms with Crippen LogP contribution >= 0.6 is 0 Å². The van der Waals surface area contributed by atoms with Crippen molar-refractivity contribution in [2.45, 2.75) is 19.5 Å². The fraction of sp³-hybridized carbons (Fsp3) is 0.667. The molecule has 0 radical (unpaired) electrons. The van der Waals surface area contributed by atoms with E-state index in [0.29, 0.717) is 6.04 Å². The predicted octanol–water partition coefficient (Wildman–Crippen LogP) is 0.336. The van der Waals surface area contributed by atoms with Crippen LogP contribution in [0.3, 0.4) is 0 Å². The summed E-state index contributed by atoms with van der Waals surface area (Å²) < 4.78 is 0. The molecular weight excluding hydrogens is 214 g/mol. The number of aromatic nitrogens is 2. The van der Waals surface area contributed by atoms with Gasteiger partial charge in [0.25, 0.3) is 0 Å². The van der Waals surface area contributed by atoms with E-state index in [-0.39, 0.29) is 0 Å². The van der Waals surface area contributed by atoms with Crippen LogP contribution in [0.15, 0.2) is 12.4 Å². The topological polar surface area (TPSA) is 44.3 Å². The molecule has 1 unspecified atom stereocenters. The monoisotopic (exact) mass is 235 g/mol. The molecule has 0 aromatic carbocycles. The molecular formula is C12H21N5. The van der Waals surface area contributed by atoms with Crippen LogP contribution in [0.4, 0.5) is 5.95 Å². The maximum Gasteiger partial charge on any atom is 0.224 e. The SMILES string of the molecule is CC1CN(Cc2cnc(N(C)C)nc2)CCN1. The molecule has 0 bridgehead atoms. The zero-order valence-electron chi connectivity index (χ0n) is 10.8. The molecule has 1 N–H and O–H groups in total. The summed E-state index contributed by atoms with van der Waals surface area (Å²) in [6, 6.07) is 0.575. The van der Waals surface area contributed by atoms with Crippen LogP contribution in [0.25, 0.3) is 0 Å². The number of nitrogens with zero attached hydrogens (tertiary/aromatic N) is 4. The van der Waals surface area contributed by atoms with Crippen molar-refractivity contribution in [1.82, 2.24) is 20.2 Å². The van der Waals surface area contributed by atoms with Crippen molar-refractivity contribution in [2.75, 3.05) is 38.6 Å².